The van der Waals surface area contributed by atoms with Crippen molar-refractivity contribution in [2.75, 3.05) is 0 Å². The Morgan fingerprint density at radius 2 is 2.15 bits per heavy atom. The first-order valence-corrected chi connectivity index (χ1v) is 3.97. The van der Waals surface area contributed by atoms with Crippen LogP contribution in [-0.2, 0) is 11.4 Å². The van der Waals surface area contributed by atoms with Crippen LogP contribution >= 0.6 is 11.6 Å². The summed E-state index contributed by atoms with van der Waals surface area (Å²) < 4.78 is 0. The Hall–Kier alpha value is -0.970. The summed E-state index contributed by atoms with van der Waals surface area (Å²) in [4.78, 5) is 4.37. The first kappa shape index (κ1) is 10.1. The second-order valence-corrected chi connectivity index (χ2v) is 3.05. The second-order valence-electron chi connectivity index (χ2n) is 2.64. The molecule has 0 aliphatic carbocycles. The fraction of sp³-hybridized carbons (Fsp3) is 0.250. The van der Waals surface area contributed by atoms with Gasteiger partial charge in [-0.1, -0.05) is 11.6 Å². The highest BCUT2D eigenvalue weighted by molar-refractivity contribution is 6.31. The lowest BCUT2D eigenvalue weighted by atomic mass is 10.1. The van der Waals surface area contributed by atoms with Gasteiger partial charge in [0.25, 0.3) is 0 Å². The van der Waals surface area contributed by atoms with Crippen LogP contribution in [-0.4, -0.2) is 10.2 Å². The highest BCUT2D eigenvalue weighted by atomic mass is 35.5. The molecule has 4 nitrogen and oxygen atoms in total. The molecule has 0 aliphatic heterocycles. The van der Waals surface area contributed by atoms with E-state index in [4.69, 9.17) is 17.5 Å². The molecule has 0 aliphatic rings. The van der Waals surface area contributed by atoms with Crippen molar-refractivity contribution in [3.05, 3.63) is 22.2 Å². The van der Waals surface area contributed by atoms with Crippen molar-refractivity contribution >= 4 is 11.6 Å². The minimum Gasteiger partial charge on any atom is -0.504 e. The molecule has 1 aromatic rings. The van der Waals surface area contributed by atoms with E-state index < -0.39 is 0 Å². The Morgan fingerprint density at radius 1 is 1.54 bits per heavy atom. The van der Waals surface area contributed by atoms with E-state index in [-0.39, 0.29) is 18.1 Å². The summed E-state index contributed by atoms with van der Waals surface area (Å²) in [6.07, 6.45) is 0. The minimum atomic E-state index is -0.275. The normalized spacial score (nSPS) is 10.4. The van der Waals surface area contributed by atoms with E-state index in [0.29, 0.717) is 16.1 Å². The highest BCUT2D eigenvalue weighted by Crippen LogP contribution is 2.36. The van der Waals surface area contributed by atoms with Gasteiger partial charge in [-0.2, -0.15) is 0 Å². The van der Waals surface area contributed by atoms with Crippen LogP contribution in [0.2, 0.25) is 5.02 Å². The number of hydrogen-bond donors (Lipinski definition) is 3. The van der Waals surface area contributed by atoms with Crippen LogP contribution in [0.5, 0.6) is 11.5 Å². The van der Waals surface area contributed by atoms with Gasteiger partial charge in [-0.25, -0.2) is 5.90 Å². The number of aromatic hydroxyl groups is 2. The molecule has 72 valence electrons. The standard InChI is InChI=1S/C8H10ClNO3/c1-4-5(3-13-10)8(12)7(11)2-6(4)9/h2,11-12H,3,10H2,1H3. The maximum Gasteiger partial charge on any atom is 0.163 e. The molecule has 0 unspecified atom stereocenters. The van der Waals surface area contributed by atoms with Crippen LogP contribution in [0.3, 0.4) is 0 Å². The Labute approximate surface area is 80.5 Å². The zero-order valence-corrected chi connectivity index (χ0v) is 7.80. The number of nitrogens with two attached hydrogens (primary N) is 1. The van der Waals surface area contributed by atoms with Crippen LogP contribution in [0.15, 0.2) is 6.07 Å². The van der Waals surface area contributed by atoms with Crippen LogP contribution in [0.25, 0.3) is 0 Å². The quantitative estimate of drug-likeness (QED) is 0.502. The summed E-state index contributed by atoms with van der Waals surface area (Å²) in [5, 5.41) is 19.0. The van der Waals surface area contributed by atoms with Crippen LogP contribution in [0.4, 0.5) is 0 Å². The molecule has 0 bridgehead atoms. The van der Waals surface area contributed by atoms with Crippen LogP contribution in [0.1, 0.15) is 11.1 Å². The summed E-state index contributed by atoms with van der Waals surface area (Å²) in [5.41, 5.74) is 1.04. The topological polar surface area (TPSA) is 75.7 Å². The summed E-state index contributed by atoms with van der Waals surface area (Å²) in [6.45, 7) is 1.71. The Balaban J connectivity index is 3.28. The monoisotopic (exact) mass is 203 g/mol. The molecule has 0 saturated heterocycles. The van der Waals surface area contributed by atoms with E-state index >= 15 is 0 Å². The lowest BCUT2D eigenvalue weighted by molar-refractivity contribution is 0.121. The minimum absolute atomic E-state index is 0.00574. The van der Waals surface area contributed by atoms with Crippen molar-refractivity contribution in [3.63, 3.8) is 0 Å². The van der Waals surface area contributed by atoms with Crippen LogP contribution in [0, 0.1) is 6.92 Å². The SMILES string of the molecule is Cc1c(Cl)cc(O)c(O)c1CON. The van der Waals surface area contributed by atoms with Crippen molar-refractivity contribution < 1.29 is 15.1 Å². The fourth-order valence-electron chi connectivity index (χ4n) is 1.03. The first-order chi connectivity index (χ1) is 6.07. The molecule has 1 aromatic carbocycles. The van der Waals surface area contributed by atoms with Gasteiger partial charge in [0.2, 0.25) is 0 Å². The average molecular weight is 204 g/mol. The van der Waals surface area contributed by atoms with Gasteiger partial charge in [0.05, 0.1) is 6.61 Å². The van der Waals surface area contributed by atoms with Gasteiger partial charge in [-0.15, -0.1) is 0 Å². The number of halogens is 1. The van der Waals surface area contributed by atoms with E-state index in [0.717, 1.165) is 0 Å². The van der Waals surface area contributed by atoms with Crippen molar-refractivity contribution in [1.82, 2.24) is 0 Å². The van der Waals surface area contributed by atoms with Crippen molar-refractivity contribution in [3.8, 4) is 11.5 Å². The molecular weight excluding hydrogens is 194 g/mol. The van der Waals surface area contributed by atoms with Gasteiger partial charge < -0.3 is 10.2 Å². The third-order valence-corrected chi connectivity index (χ3v) is 2.22. The number of rotatable bonds is 2. The molecular formula is C8H10ClNO3. The molecule has 0 fully saturated rings. The Bertz CT molecular complexity index is 301. The van der Waals surface area contributed by atoms with Gasteiger partial charge in [0.1, 0.15) is 0 Å². The molecule has 0 saturated carbocycles. The van der Waals surface area contributed by atoms with Gasteiger partial charge in [-0.05, 0) is 12.5 Å². The van der Waals surface area contributed by atoms with Crippen molar-refractivity contribution in [1.29, 1.82) is 0 Å². The zero-order valence-electron chi connectivity index (χ0n) is 7.04. The molecule has 0 atom stereocenters. The number of benzene rings is 1. The molecule has 4 N–H and O–H groups in total. The maximum atomic E-state index is 9.39. The maximum absolute atomic E-state index is 9.39. The number of phenolic OH excluding ortho intramolecular Hbond substituents is 2. The molecule has 0 aromatic heterocycles. The van der Waals surface area contributed by atoms with Gasteiger partial charge in [0, 0.05) is 16.7 Å². The third kappa shape index (κ3) is 1.85. The highest BCUT2D eigenvalue weighted by Gasteiger charge is 2.13. The largest absolute Gasteiger partial charge is 0.504 e. The molecule has 0 radical (unpaired) electrons. The van der Waals surface area contributed by atoms with E-state index in [9.17, 15) is 10.2 Å². The fourth-order valence-corrected chi connectivity index (χ4v) is 1.25. The van der Waals surface area contributed by atoms with Crippen molar-refractivity contribution in [2.45, 2.75) is 13.5 Å². The number of hydrogen-bond acceptors (Lipinski definition) is 4. The van der Waals surface area contributed by atoms with Crippen LogP contribution < -0.4 is 5.90 Å². The van der Waals surface area contributed by atoms with Crippen molar-refractivity contribution in [2.24, 2.45) is 5.90 Å². The summed E-state index contributed by atoms with van der Waals surface area (Å²) in [6, 6.07) is 1.27. The molecule has 1 rings (SSSR count). The second kappa shape index (κ2) is 3.83. The molecule has 13 heavy (non-hydrogen) atoms. The Morgan fingerprint density at radius 3 is 2.69 bits per heavy atom. The summed E-state index contributed by atoms with van der Waals surface area (Å²) in [5.74, 6) is 4.34. The smallest absolute Gasteiger partial charge is 0.163 e. The number of phenols is 2. The third-order valence-electron chi connectivity index (χ3n) is 1.83. The predicted octanol–water partition coefficient (Wildman–Crippen LogP) is 1.45. The summed E-state index contributed by atoms with van der Waals surface area (Å²) in [7, 11) is 0. The molecule has 0 heterocycles. The first-order valence-electron chi connectivity index (χ1n) is 3.59. The van der Waals surface area contributed by atoms with E-state index in [2.05, 4.69) is 4.84 Å². The van der Waals surface area contributed by atoms with Gasteiger partial charge in [-0.3, -0.25) is 4.84 Å². The molecule has 0 spiro atoms. The zero-order chi connectivity index (χ0) is 10.0. The molecule has 5 heteroatoms. The lowest BCUT2D eigenvalue weighted by Crippen LogP contribution is -2.01. The molecule has 0 amide bonds. The lowest BCUT2D eigenvalue weighted by Gasteiger charge is -2.09. The van der Waals surface area contributed by atoms with Gasteiger partial charge in [0.15, 0.2) is 11.5 Å². The van der Waals surface area contributed by atoms with E-state index in [1.165, 1.54) is 6.07 Å². The average Bonchev–Trinajstić information content (AvgIpc) is 2.09. The van der Waals surface area contributed by atoms with E-state index in [1.807, 2.05) is 0 Å². The predicted molar refractivity (Wildman–Crippen MR) is 48.5 cm³/mol. The Kier molecular flexibility index (Phi) is 2.98. The van der Waals surface area contributed by atoms with Gasteiger partial charge >= 0.3 is 0 Å². The van der Waals surface area contributed by atoms with E-state index in [1.54, 1.807) is 6.92 Å². The summed E-state index contributed by atoms with van der Waals surface area (Å²) >= 11 is 5.76.